The second kappa shape index (κ2) is 4.62. The number of aromatic nitrogens is 2. The molecule has 0 fully saturated rings. The van der Waals surface area contributed by atoms with Crippen LogP contribution in [0, 0.1) is 13.8 Å². The Balaban J connectivity index is 2.51. The first kappa shape index (κ1) is 11.1. The molecule has 0 atom stereocenters. The molecule has 2 rings (SSSR count). The predicted molar refractivity (Wildman–Crippen MR) is 66.5 cm³/mol. The number of nitrogens with zero attached hydrogens (tertiary/aromatic N) is 2. The summed E-state index contributed by atoms with van der Waals surface area (Å²) in [5, 5.41) is 0. The number of alkyl halides is 1. The van der Waals surface area contributed by atoms with Gasteiger partial charge in [0.15, 0.2) is 0 Å². The van der Waals surface area contributed by atoms with Crippen LogP contribution in [0.15, 0.2) is 30.3 Å². The number of rotatable bonds is 2. The molecule has 0 aliphatic rings. The van der Waals surface area contributed by atoms with Crippen molar-refractivity contribution < 1.29 is 0 Å². The zero-order valence-corrected chi connectivity index (χ0v) is 10.1. The Kier molecular flexibility index (Phi) is 3.20. The molecule has 0 saturated heterocycles. The smallest absolute Gasteiger partial charge is 0.143 e. The van der Waals surface area contributed by atoms with Crippen molar-refractivity contribution in [2.75, 3.05) is 0 Å². The molecular formula is C13H13ClN2. The van der Waals surface area contributed by atoms with Crippen molar-refractivity contribution in [3.8, 4) is 11.3 Å². The van der Waals surface area contributed by atoms with Crippen LogP contribution in [0.3, 0.4) is 0 Å². The van der Waals surface area contributed by atoms with Gasteiger partial charge in [-0.15, -0.1) is 11.6 Å². The average Bonchev–Trinajstić information content (AvgIpc) is 2.28. The Hall–Kier alpha value is -1.41. The van der Waals surface area contributed by atoms with E-state index in [1.165, 1.54) is 5.56 Å². The molecule has 0 unspecified atom stereocenters. The minimum atomic E-state index is 0.348. The lowest BCUT2D eigenvalue weighted by molar-refractivity contribution is 0.997. The quantitative estimate of drug-likeness (QED) is 0.741. The molecular weight excluding hydrogens is 220 g/mol. The maximum atomic E-state index is 5.76. The number of halogens is 1. The third-order valence-corrected chi connectivity index (χ3v) is 2.57. The molecule has 0 aliphatic heterocycles. The molecule has 16 heavy (non-hydrogen) atoms. The normalized spacial score (nSPS) is 10.4. The molecule has 2 aromatic rings. The van der Waals surface area contributed by atoms with Crippen LogP contribution in [0.4, 0.5) is 0 Å². The van der Waals surface area contributed by atoms with Crippen LogP contribution in [0.25, 0.3) is 11.3 Å². The van der Waals surface area contributed by atoms with Gasteiger partial charge in [-0.3, -0.25) is 0 Å². The van der Waals surface area contributed by atoms with E-state index in [9.17, 15) is 0 Å². The molecule has 0 N–H and O–H groups in total. The van der Waals surface area contributed by atoms with Crippen LogP contribution in [-0.2, 0) is 5.88 Å². The Labute approximate surface area is 100 Å². The molecule has 0 aliphatic carbocycles. The van der Waals surface area contributed by atoms with Crippen LogP contribution in [0.5, 0.6) is 0 Å². The highest BCUT2D eigenvalue weighted by molar-refractivity contribution is 6.16. The first-order chi connectivity index (χ1) is 7.69. The summed E-state index contributed by atoms with van der Waals surface area (Å²) >= 11 is 5.76. The number of hydrogen-bond acceptors (Lipinski definition) is 2. The van der Waals surface area contributed by atoms with Crippen molar-refractivity contribution in [2.24, 2.45) is 0 Å². The summed E-state index contributed by atoms with van der Waals surface area (Å²) in [6, 6.07) is 10.2. The number of hydrogen-bond donors (Lipinski definition) is 0. The van der Waals surface area contributed by atoms with Crippen LogP contribution in [-0.4, -0.2) is 9.97 Å². The van der Waals surface area contributed by atoms with Crippen molar-refractivity contribution in [3.05, 3.63) is 47.4 Å². The zero-order chi connectivity index (χ0) is 11.5. The van der Waals surface area contributed by atoms with Gasteiger partial charge in [0.1, 0.15) is 5.82 Å². The van der Waals surface area contributed by atoms with E-state index in [1.807, 2.05) is 25.1 Å². The summed E-state index contributed by atoms with van der Waals surface area (Å²) in [7, 11) is 0. The Bertz CT molecular complexity index is 509. The Morgan fingerprint density at radius 1 is 1.12 bits per heavy atom. The molecule has 82 valence electrons. The van der Waals surface area contributed by atoms with E-state index in [4.69, 9.17) is 11.6 Å². The molecule has 1 heterocycles. The molecule has 1 aromatic heterocycles. The molecule has 2 nitrogen and oxygen atoms in total. The fourth-order valence-corrected chi connectivity index (χ4v) is 1.76. The van der Waals surface area contributed by atoms with Crippen molar-refractivity contribution in [2.45, 2.75) is 19.7 Å². The molecule has 0 bridgehead atoms. The standard InChI is InChI=1S/C13H13ClN2/c1-9-4-3-5-11(6-9)12-7-10(2)15-13(8-14)16-12/h3-7H,8H2,1-2H3. The van der Waals surface area contributed by atoms with E-state index in [2.05, 4.69) is 29.0 Å². The molecule has 1 aromatic carbocycles. The highest BCUT2D eigenvalue weighted by atomic mass is 35.5. The largest absolute Gasteiger partial charge is 0.237 e. The van der Waals surface area contributed by atoms with Gasteiger partial charge in [0.25, 0.3) is 0 Å². The van der Waals surface area contributed by atoms with E-state index in [0.29, 0.717) is 11.7 Å². The molecule has 3 heteroatoms. The van der Waals surface area contributed by atoms with E-state index < -0.39 is 0 Å². The second-order valence-corrected chi connectivity index (χ2v) is 4.08. The van der Waals surface area contributed by atoms with Crippen LogP contribution in [0.2, 0.25) is 0 Å². The molecule has 0 radical (unpaired) electrons. The maximum Gasteiger partial charge on any atom is 0.143 e. The fourth-order valence-electron chi connectivity index (χ4n) is 1.64. The summed E-state index contributed by atoms with van der Waals surface area (Å²) in [5.74, 6) is 1.03. The SMILES string of the molecule is Cc1cccc(-c2cc(C)nc(CCl)n2)c1. The van der Waals surface area contributed by atoms with E-state index >= 15 is 0 Å². The van der Waals surface area contributed by atoms with Crippen molar-refractivity contribution in [3.63, 3.8) is 0 Å². The van der Waals surface area contributed by atoms with Crippen LogP contribution in [0.1, 0.15) is 17.1 Å². The summed E-state index contributed by atoms with van der Waals surface area (Å²) < 4.78 is 0. The van der Waals surface area contributed by atoms with Crippen molar-refractivity contribution in [1.82, 2.24) is 9.97 Å². The van der Waals surface area contributed by atoms with Gasteiger partial charge in [-0.1, -0.05) is 23.8 Å². The Morgan fingerprint density at radius 2 is 1.94 bits per heavy atom. The van der Waals surface area contributed by atoms with Gasteiger partial charge in [0, 0.05) is 11.3 Å². The zero-order valence-electron chi connectivity index (χ0n) is 9.37. The molecule has 0 spiro atoms. The van der Waals surface area contributed by atoms with Crippen molar-refractivity contribution >= 4 is 11.6 Å². The predicted octanol–water partition coefficient (Wildman–Crippen LogP) is 3.50. The fraction of sp³-hybridized carbons (Fsp3) is 0.231. The highest BCUT2D eigenvalue weighted by Gasteiger charge is 2.03. The second-order valence-electron chi connectivity index (χ2n) is 3.81. The lowest BCUT2D eigenvalue weighted by Crippen LogP contribution is -1.96. The van der Waals surface area contributed by atoms with Crippen LogP contribution >= 0.6 is 11.6 Å². The first-order valence-corrected chi connectivity index (χ1v) is 5.70. The maximum absolute atomic E-state index is 5.76. The van der Waals surface area contributed by atoms with Gasteiger partial charge in [0.05, 0.1) is 11.6 Å². The number of aryl methyl sites for hydroxylation is 2. The Morgan fingerprint density at radius 3 is 2.62 bits per heavy atom. The monoisotopic (exact) mass is 232 g/mol. The summed E-state index contributed by atoms with van der Waals surface area (Å²) in [6.07, 6.45) is 0. The molecule has 0 amide bonds. The van der Waals surface area contributed by atoms with Gasteiger partial charge in [-0.25, -0.2) is 9.97 Å². The molecule has 0 saturated carbocycles. The number of benzene rings is 1. The average molecular weight is 233 g/mol. The van der Waals surface area contributed by atoms with Gasteiger partial charge in [-0.2, -0.15) is 0 Å². The summed E-state index contributed by atoms with van der Waals surface area (Å²) in [6.45, 7) is 4.02. The minimum absolute atomic E-state index is 0.348. The lowest BCUT2D eigenvalue weighted by atomic mass is 10.1. The lowest BCUT2D eigenvalue weighted by Gasteiger charge is -2.05. The summed E-state index contributed by atoms with van der Waals surface area (Å²) in [5.41, 5.74) is 4.21. The highest BCUT2D eigenvalue weighted by Crippen LogP contribution is 2.19. The first-order valence-electron chi connectivity index (χ1n) is 5.16. The third kappa shape index (κ3) is 2.39. The van der Waals surface area contributed by atoms with E-state index in [-0.39, 0.29) is 0 Å². The van der Waals surface area contributed by atoms with Gasteiger partial charge in [0.2, 0.25) is 0 Å². The summed E-state index contributed by atoms with van der Waals surface area (Å²) in [4.78, 5) is 8.68. The minimum Gasteiger partial charge on any atom is -0.237 e. The van der Waals surface area contributed by atoms with Gasteiger partial charge >= 0.3 is 0 Å². The van der Waals surface area contributed by atoms with Crippen molar-refractivity contribution in [1.29, 1.82) is 0 Å². The van der Waals surface area contributed by atoms with Crippen LogP contribution < -0.4 is 0 Å². The van der Waals surface area contributed by atoms with E-state index in [0.717, 1.165) is 17.0 Å². The van der Waals surface area contributed by atoms with Gasteiger partial charge < -0.3 is 0 Å². The topological polar surface area (TPSA) is 25.8 Å². The third-order valence-electron chi connectivity index (χ3n) is 2.33. The van der Waals surface area contributed by atoms with E-state index in [1.54, 1.807) is 0 Å². The van der Waals surface area contributed by atoms with Gasteiger partial charge in [-0.05, 0) is 26.0 Å².